The predicted octanol–water partition coefficient (Wildman–Crippen LogP) is 2.70. The van der Waals surface area contributed by atoms with Crippen LogP contribution in [0.4, 0.5) is 0 Å². The Hall–Kier alpha value is 1.54. The number of esters is 1. The summed E-state index contributed by atoms with van der Waals surface area (Å²) < 4.78 is 16.5. The summed E-state index contributed by atoms with van der Waals surface area (Å²) in [6, 6.07) is 0. The molecule has 0 bridgehead atoms. The molecule has 1 aliphatic heterocycles. The normalized spacial score (nSPS) is 38.6. The largest absolute Gasteiger partial charge is 0.462 e. The number of ether oxygens (including phenoxy) is 1. The zero-order valence-corrected chi connectivity index (χ0v) is 14.6. The van der Waals surface area contributed by atoms with Crippen molar-refractivity contribution in [3.63, 3.8) is 0 Å². The van der Waals surface area contributed by atoms with Crippen molar-refractivity contribution in [3.05, 3.63) is 0 Å². The van der Waals surface area contributed by atoms with E-state index in [1.54, 1.807) is 0 Å². The van der Waals surface area contributed by atoms with Crippen molar-refractivity contribution >= 4 is 48.8 Å². The van der Waals surface area contributed by atoms with Crippen LogP contribution in [-0.4, -0.2) is 24.8 Å². The second-order valence-electron chi connectivity index (χ2n) is 4.22. The topological polar surface area (TPSA) is 44.8 Å². The number of fused-ring (bicyclic) bond motifs is 1. The standard InChI is InChI=1S/C8H17O4P5/c9-8-1-4-5(3-10-17(15)16-14)7(12-13)2-6(4)11-8/h4-7,16H,1-3,13-15H2/t4?,5-,6?,7?,17?/m1/s1. The predicted molar refractivity (Wildman–Crippen MR) is 81.3 cm³/mol. The summed E-state index contributed by atoms with van der Waals surface area (Å²) in [5.41, 5.74) is 0. The van der Waals surface area contributed by atoms with E-state index in [9.17, 15) is 4.79 Å². The fourth-order valence-corrected chi connectivity index (χ4v) is 4.65. The second-order valence-corrected chi connectivity index (χ2v) is 13.0. The van der Waals surface area contributed by atoms with Crippen molar-refractivity contribution in [2.24, 2.45) is 11.8 Å². The molecule has 2 rings (SSSR count). The van der Waals surface area contributed by atoms with Crippen molar-refractivity contribution in [2.45, 2.75) is 25.0 Å². The lowest BCUT2D eigenvalue weighted by molar-refractivity contribution is -0.141. The summed E-state index contributed by atoms with van der Waals surface area (Å²) in [5.74, 6) is 0.471. The van der Waals surface area contributed by atoms with Gasteiger partial charge in [0.05, 0.1) is 26.7 Å². The van der Waals surface area contributed by atoms with Crippen LogP contribution in [0.25, 0.3) is 0 Å². The number of carbonyl (C=O) groups is 1. The number of hydrogen-bond donors (Lipinski definition) is 0. The summed E-state index contributed by atoms with van der Waals surface area (Å²) in [5, 5.41) is 0. The Balaban J connectivity index is 1.94. The summed E-state index contributed by atoms with van der Waals surface area (Å²) in [4.78, 5) is 11.3. The average Bonchev–Trinajstić information content (AvgIpc) is 2.81. The molecule has 0 aromatic heterocycles. The molecular weight excluding hydrogens is 315 g/mol. The molecular formula is C8H17O4P5. The fourth-order valence-electron chi connectivity index (χ4n) is 2.55. The van der Waals surface area contributed by atoms with Crippen molar-refractivity contribution in [1.29, 1.82) is 0 Å². The fraction of sp³-hybridized carbons (Fsp3) is 0.875. The third-order valence-electron chi connectivity index (χ3n) is 3.36. The lowest BCUT2D eigenvalue weighted by Gasteiger charge is -2.22. The summed E-state index contributed by atoms with van der Waals surface area (Å²) in [7, 11) is 8.06. The molecule has 2 aliphatic rings. The van der Waals surface area contributed by atoms with E-state index in [0.29, 0.717) is 13.0 Å². The molecule has 0 amide bonds. The molecule has 0 spiro atoms. The van der Waals surface area contributed by atoms with Gasteiger partial charge in [-0.05, 0) is 7.96 Å². The van der Waals surface area contributed by atoms with Crippen molar-refractivity contribution in [2.75, 3.05) is 6.61 Å². The Bertz CT molecular complexity index is 291. The molecule has 98 valence electrons. The molecule has 1 saturated heterocycles. The Morgan fingerprint density at radius 3 is 3.00 bits per heavy atom. The van der Waals surface area contributed by atoms with Crippen molar-refractivity contribution in [1.82, 2.24) is 0 Å². The third kappa shape index (κ3) is 3.55. The van der Waals surface area contributed by atoms with Crippen LogP contribution in [0.5, 0.6) is 0 Å². The molecule has 17 heavy (non-hydrogen) atoms. The first kappa shape index (κ1) is 14.9. The minimum Gasteiger partial charge on any atom is -0.462 e. The zero-order chi connectivity index (χ0) is 12.4. The van der Waals surface area contributed by atoms with Gasteiger partial charge in [-0.1, -0.05) is 8.93 Å². The first-order chi connectivity index (χ1) is 8.15. The molecule has 8 unspecified atom stereocenters. The highest BCUT2D eigenvalue weighted by Crippen LogP contribution is 2.67. The minimum absolute atomic E-state index is 0.0378. The molecule has 9 atom stereocenters. The maximum atomic E-state index is 11.3. The lowest BCUT2D eigenvalue weighted by Crippen LogP contribution is -2.24. The molecule has 0 aromatic carbocycles. The Morgan fingerprint density at radius 2 is 2.35 bits per heavy atom. The van der Waals surface area contributed by atoms with Gasteiger partial charge in [-0.3, -0.25) is 4.79 Å². The van der Waals surface area contributed by atoms with Gasteiger partial charge in [-0.25, -0.2) is 0 Å². The van der Waals surface area contributed by atoms with Crippen LogP contribution in [0.2, 0.25) is 0 Å². The van der Waals surface area contributed by atoms with Crippen LogP contribution in [0.3, 0.4) is 0 Å². The third-order valence-corrected chi connectivity index (χ3v) is 12.3. The van der Waals surface area contributed by atoms with E-state index < -0.39 is 7.53 Å². The van der Waals surface area contributed by atoms with Crippen LogP contribution < -0.4 is 0 Å². The molecule has 0 radical (unpaired) electrons. The summed E-state index contributed by atoms with van der Waals surface area (Å²) in [6.45, 7) is 0.660. The van der Waals surface area contributed by atoms with Gasteiger partial charge in [0.1, 0.15) is 6.10 Å². The Kier molecular flexibility index (Phi) is 5.99. The number of hydrogen-bond acceptors (Lipinski definition) is 4. The summed E-state index contributed by atoms with van der Waals surface area (Å²) >= 11 is 0. The molecule has 1 saturated carbocycles. The van der Waals surface area contributed by atoms with Gasteiger partial charge >= 0.3 is 5.97 Å². The molecule has 9 heteroatoms. The first-order valence-corrected chi connectivity index (χ1v) is 12.3. The van der Waals surface area contributed by atoms with Crippen molar-refractivity contribution < 1.29 is 18.6 Å². The van der Waals surface area contributed by atoms with Gasteiger partial charge in [-0.2, -0.15) is 0 Å². The first-order valence-electron chi connectivity index (χ1n) is 5.34. The van der Waals surface area contributed by atoms with Gasteiger partial charge < -0.3 is 13.8 Å². The van der Waals surface area contributed by atoms with Crippen LogP contribution in [0, 0.1) is 11.8 Å². The second kappa shape index (κ2) is 6.81. The van der Waals surface area contributed by atoms with E-state index in [4.69, 9.17) is 13.8 Å². The van der Waals surface area contributed by atoms with E-state index in [1.807, 2.05) is 0 Å². The van der Waals surface area contributed by atoms with Gasteiger partial charge in [-0.15, -0.1) is 8.93 Å². The van der Waals surface area contributed by atoms with E-state index in [2.05, 4.69) is 27.3 Å². The highest BCUT2D eigenvalue weighted by Gasteiger charge is 2.50. The highest BCUT2D eigenvalue weighted by molar-refractivity contribution is 8.59. The van der Waals surface area contributed by atoms with Crippen LogP contribution >= 0.6 is 42.8 Å². The zero-order valence-electron chi connectivity index (χ0n) is 9.24. The molecule has 0 aromatic rings. The smallest absolute Gasteiger partial charge is 0.306 e. The maximum Gasteiger partial charge on any atom is 0.306 e. The molecule has 0 N–H and O–H groups in total. The van der Waals surface area contributed by atoms with Crippen LogP contribution in [0.1, 0.15) is 12.8 Å². The monoisotopic (exact) mass is 332 g/mol. The Labute approximate surface area is 111 Å². The lowest BCUT2D eigenvalue weighted by atomic mass is 9.93. The maximum absolute atomic E-state index is 11.3. The molecule has 1 heterocycles. The quantitative estimate of drug-likeness (QED) is 0.574. The van der Waals surface area contributed by atoms with Gasteiger partial charge in [0.15, 0.2) is 0 Å². The van der Waals surface area contributed by atoms with E-state index in [1.165, 1.54) is 0 Å². The van der Waals surface area contributed by atoms with Crippen LogP contribution in [0.15, 0.2) is 0 Å². The Morgan fingerprint density at radius 1 is 1.59 bits per heavy atom. The van der Waals surface area contributed by atoms with Crippen molar-refractivity contribution in [3.8, 4) is 0 Å². The van der Waals surface area contributed by atoms with E-state index in [-0.39, 0.29) is 30.0 Å². The van der Waals surface area contributed by atoms with E-state index in [0.717, 1.165) is 14.4 Å². The highest BCUT2D eigenvalue weighted by atomic mass is 32.6. The average molecular weight is 332 g/mol. The minimum atomic E-state index is -0.428. The van der Waals surface area contributed by atoms with Crippen LogP contribution in [-0.2, 0) is 18.6 Å². The molecule has 2 fully saturated rings. The number of carbonyl (C=O) groups excluding carboxylic acids is 1. The molecule has 4 nitrogen and oxygen atoms in total. The van der Waals surface area contributed by atoms with Gasteiger partial charge in [0.2, 0.25) is 0 Å². The molecule has 1 aliphatic carbocycles. The van der Waals surface area contributed by atoms with Gasteiger partial charge in [0, 0.05) is 27.7 Å². The summed E-state index contributed by atoms with van der Waals surface area (Å²) in [6.07, 6.45) is 1.48. The number of rotatable bonds is 5. The van der Waals surface area contributed by atoms with E-state index >= 15 is 0 Å². The van der Waals surface area contributed by atoms with Gasteiger partial charge in [0.25, 0.3) is 0 Å². The SMILES string of the molecule is O=C1CC2C(CC(OP)[C@@H]2COP(P)PP)O1.